The minimum absolute atomic E-state index is 0. The van der Waals surface area contributed by atoms with E-state index in [9.17, 15) is 4.79 Å². The molecule has 5 nitrogen and oxygen atoms in total. The molecule has 0 radical (unpaired) electrons. The molecule has 2 fully saturated rings. The van der Waals surface area contributed by atoms with Gasteiger partial charge in [0.2, 0.25) is 5.91 Å². The van der Waals surface area contributed by atoms with Gasteiger partial charge in [-0.3, -0.25) is 14.7 Å². The van der Waals surface area contributed by atoms with Crippen molar-refractivity contribution in [1.29, 1.82) is 0 Å². The van der Waals surface area contributed by atoms with Gasteiger partial charge in [-0.1, -0.05) is 18.9 Å². The molecule has 160 valence electrons. The van der Waals surface area contributed by atoms with Crippen molar-refractivity contribution in [2.24, 2.45) is 0 Å². The van der Waals surface area contributed by atoms with Crippen LogP contribution in [0, 0.1) is 0 Å². The van der Waals surface area contributed by atoms with Crippen LogP contribution >= 0.6 is 24.8 Å². The van der Waals surface area contributed by atoms with Crippen molar-refractivity contribution in [3.05, 3.63) is 30.1 Å². The molecule has 0 aromatic carbocycles. The van der Waals surface area contributed by atoms with Gasteiger partial charge in [0.25, 0.3) is 0 Å². The van der Waals surface area contributed by atoms with Crippen LogP contribution in [0.2, 0.25) is 0 Å². The Morgan fingerprint density at radius 1 is 1.14 bits per heavy atom. The fourth-order valence-corrected chi connectivity index (χ4v) is 4.24. The van der Waals surface area contributed by atoms with Crippen LogP contribution in [0.25, 0.3) is 0 Å². The summed E-state index contributed by atoms with van der Waals surface area (Å²) in [6.45, 7) is 6.89. The molecule has 1 amide bonds. The van der Waals surface area contributed by atoms with E-state index in [2.05, 4.69) is 27.0 Å². The van der Waals surface area contributed by atoms with E-state index >= 15 is 0 Å². The van der Waals surface area contributed by atoms with E-state index in [0.29, 0.717) is 12.6 Å². The molecule has 1 aromatic heterocycles. The van der Waals surface area contributed by atoms with E-state index < -0.39 is 0 Å². The zero-order valence-electron chi connectivity index (χ0n) is 17.0. The summed E-state index contributed by atoms with van der Waals surface area (Å²) < 4.78 is 0. The second kappa shape index (κ2) is 13.4. The standard InChI is InChI=1S/C21H34N4O.2ClH/c1-18(24-15-6-2-3-7-16-24)21(26)25(17-19-9-4-5-13-23-19)20-10-8-12-22-14-11-20;;/h4-5,9,13,18,20,22H,2-3,6-8,10-12,14-17H2,1H3;2*1H. The summed E-state index contributed by atoms with van der Waals surface area (Å²) in [5, 5.41) is 3.47. The smallest absolute Gasteiger partial charge is 0.240 e. The molecule has 2 unspecified atom stereocenters. The van der Waals surface area contributed by atoms with Crippen molar-refractivity contribution < 1.29 is 4.79 Å². The first-order valence-corrected chi connectivity index (χ1v) is 10.4. The maximum Gasteiger partial charge on any atom is 0.240 e. The molecule has 3 rings (SSSR count). The summed E-state index contributed by atoms with van der Waals surface area (Å²) in [5.41, 5.74) is 0.987. The topological polar surface area (TPSA) is 48.5 Å². The predicted molar refractivity (Wildman–Crippen MR) is 119 cm³/mol. The molecule has 0 saturated carbocycles. The van der Waals surface area contributed by atoms with Gasteiger partial charge in [-0.2, -0.15) is 0 Å². The summed E-state index contributed by atoms with van der Waals surface area (Å²) in [5.74, 6) is 0.282. The van der Waals surface area contributed by atoms with Gasteiger partial charge in [0.15, 0.2) is 0 Å². The third kappa shape index (κ3) is 7.18. The van der Waals surface area contributed by atoms with Crippen LogP contribution in [-0.4, -0.2) is 59.0 Å². The van der Waals surface area contributed by atoms with E-state index in [1.807, 2.05) is 24.4 Å². The first-order valence-electron chi connectivity index (χ1n) is 10.4. The average molecular weight is 431 g/mol. The second-order valence-electron chi connectivity index (χ2n) is 7.75. The highest BCUT2D eigenvalue weighted by Crippen LogP contribution is 2.20. The van der Waals surface area contributed by atoms with Gasteiger partial charge in [-0.25, -0.2) is 0 Å². The first-order chi connectivity index (χ1) is 12.8. The highest BCUT2D eigenvalue weighted by Gasteiger charge is 2.31. The lowest BCUT2D eigenvalue weighted by atomic mass is 10.0. The summed E-state index contributed by atoms with van der Waals surface area (Å²) >= 11 is 0. The van der Waals surface area contributed by atoms with Crippen LogP contribution in [-0.2, 0) is 11.3 Å². The van der Waals surface area contributed by atoms with Crippen molar-refractivity contribution in [2.45, 2.75) is 70.5 Å². The number of aromatic nitrogens is 1. The quantitative estimate of drug-likeness (QED) is 0.773. The molecule has 2 aliphatic rings. The van der Waals surface area contributed by atoms with Gasteiger partial charge >= 0.3 is 0 Å². The van der Waals surface area contributed by atoms with Crippen molar-refractivity contribution >= 4 is 30.7 Å². The fourth-order valence-electron chi connectivity index (χ4n) is 4.24. The van der Waals surface area contributed by atoms with E-state index in [0.717, 1.165) is 51.1 Å². The molecule has 1 N–H and O–H groups in total. The lowest BCUT2D eigenvalue weighted by molar-refractivity contribution is -0.140. The zero-order chi connectivity index (χ0) is 18.2. The number of pyridine rings is 1. The van der Waals surface area contributed by atoms with Crippen LogP contribution in [0.1, 0.15) is 57.6 Å². The Labute approximate surface area is 182 Å². The number of halogens is 2. The van der Waals surface area contributed by atoms with Crippen LogP contribution in [0.15, 0.2) is 24.4 Å². The summed E-state index contributed by atoms with van der Waals surface area (Å²) in [7, 11) is 0. The number of hydrogen-bond acceptors (Lipinski definition) is 4. The van der Waals surface area contributed by atoms with E-state index in [1.165, 1.54) is 25.7 Å². The number of amides is 1. The second-order valence-corrected chi connectivity index (χ2v) is 7.75. The minimum atomic E-state index is -0.0342. The summed E-state index contributed by atoms with van der Waals surface area (Å²) in [6, 6.07) is 6.26. The van der Waals surface area contributed by atoms with Crippen molar-refractivity contribution in [3.63, 3.8) is 0 Å². The van der Waals surface area contributed by atoms with E-state index in [4.69, 9.17) is 0 Å². The number of nitrogens with zero attached hydrogens (tertiary/aromatic N) is 3. The molecule has 3 heterocycles. The Balaban J connectivity index is 0.00000196. The Morgan fingerprint density at radius 2 is 1.89 bits per heavy atom. The Morgan fingerprint density at radius 3 is 2.57 bits per heavy atom. The van der Waals surface area contributed by atoms with Gasteiger partial charge in [-0.05, 0) is 77.3 Å². The molecule has 0 spiro atoms. The van der Waals surface area contributed by atoms with Crippen molar-refractivity contribution in [2.75, 3.05) is 26.2 Å². The number of likely N-dealkylation sites (tertiary alicyclic amines) is 1. The van der Waals surface area contributed by atoms with Gasteiger partial charge in [0.1, 0.15) is 0 Å². The maximum atomic E-state index is 13.5. The van der Waals surface area contributed by atoms with Gasteiger partial charge in [0, 0.05) is 12.2 Å². The molecule has 2 saturated heterocycles. The van der Waals surface area contributed by atoms with Gasteiger partial charge in [0.05, 0.1) is 18.3 Å². The van der Waals surface area contributed by atoms with Crippen LogP contribution in [0.4, 0.5) is 0 Å². The van der Waals surface area contributed by atoms with Crippen LogP contribution in [0.3, 0.4) is 0 Å². The van der Waals surface area contributed by atoms with E-state index in [-0.39, 0.29) is 36.8 Å². The molecule has 2 atom stereocenters. The van der Waals surface area contributed by atoms with Gasteiger partial charge < -0.3 is 10.2 Å². The third-order valence-electron chi connectivity index (χ3n) is 5.87. The number of carbonyl (C=O) groups excluding carboxylic acids is 1. The lowest BCUT2D eigenvalue weighted by Gasteiger charge is -2.36. The molecule has 1 aromatic rings. The van der Waals surface area contributed by atoms with E-state index in [1.54, 1.807) is 0 Å². The summed E-state index contributed by atoms with van der Waals surface area (Å²) in [4.78, 5) is 22.5. The Hall–Kier alpha value is -0.880. The monoisotopic (exact) mass is 430 g/mol. The maximum absolute atomic E-state index is 13.5. The Bertz CT molecular complexity index is 545. The lowest BCUT2D eigenvalue weighted by Crippen LogP contribution is -2.51. The first kappa shape index (κ1) is 25.2. The van der Waals surface area contributed by atoms with Crippen molar-refractivity contribution in [1.82, 2.24) is 20.1 Å². The molecule has 0 bridgehead atoms. The molecule has 2 aliphatic heterocycles. The predicted octanol–water partition coefficient (Wildman–Crippen LogP) is 3.66. The largest absolute Gasteiger partial charge is 0.332 e. The average Bonchev–Trinajstić information content (AvgIpc) is 3.11. The number of hydrogen-bond donors (Lipinski definition) is 1. The summed E-state index contributed by atoms with van der Waals surface area (Å²) in [6.07, 6.45) is 10.1. The number of nitrogens with one attached hydrogen (secondary N) is 1. The normalized spacial score (nSPS) is 22.0. The molecular weight excluding hydrogens is 395 g/mol. The highest BCUT2D eigenvalue weighted by molar-refractivity contribution is 5.85. The SMILES string of the molecule is CC(C(=O)N(Cc1ccccn1)C1CCCNCC1)N1CCCCCC1.Cl.Cl. The van der Waals surface area contributed by atoms with Crippen LogP contribution < -0.4 is 5.32 Å². The highest BCUT2D eigenvalue weighted by atomic mass is 35.5. The van der Waals surface area contributed by atoms with Gasteiger partial charge in [-0.15, -0.1) is 24.8 Å². The third-order valence-corrected chi connectivity index (χ3v) is 5.87. The number of carbonyl (C=O) groups is 1. The molecular formula is C21H36Cl2N4O. The molecule has 0 aliphatic carbocycles. The number of rotatable bonds is 5. The van der Waals surface area contributed by atoms with Crippen molar-refractivity contribution in [3.8, 4) is 0 Å². The fraction of sp³-hybridized carbons (Fsp3) is 0.714. The van der Waals surface area contributed by atoms with Crippen LogP contribution in [0.5, 0.6) is 0 Å². The minimum Gasteiger partial charge on any atom is -0.332 e. The zero-order valence-corrected chi connectivity index (χ0v) is 18.6. The molecule has 7 heteroatoms. The Kier molecular flexibility index (Phi) is 12.0. The molecule has 28 heavy (non-hydrogen) atoms.